The van der Waals surface area contributed by atoms with Crippen LogP contribution in [0.15, 0.2) is 22.8 Å². The molecule has 0 spiro atoms. The minimum absolute atomic E-state index is 0.231. The van der Waals surface area contributed by atoms with Gasteiger partial charge in [0.25, 0.3) is 5.88 Å². The molecular weight excluding hydrogens is 278 g/mol. The lowest BCUT2D eigenvalue weighted by atomic mass is 10.3. The first-order valence-electron chi connectivity index (χ1n) is 4.34. The van der Waals surface area contributed by atoms with Gasteiger partial charge < -0.3 is 9.84 Å². The lowest BCUT2D eigenvalue weighted by molar-refractivity contribution is 0.209. The quantitative estimate of drug-likeness (QED) is 0.830. The van der Waals surface area contributed by atoms with E-state index in [2.05, 4.69) is 26.3 Å². The van der Waals surface area contributed by atoms with Crippen molar-refractivity contribution in [2.75, 3.05) is 12.4 Å². The van der Waals surface area contributed by atoms with E-state index in [1.807, 2.05) is 0 Å². The maximum atomic E-state index is 10.6. The van der Waals surface area contributed by atoms with E-state index in [1.54, 1.807) is 22.7 Å². The summed E-state index contributed by atoms with van der Waals surface area (Å²) in [4.78, 5) is 10.6. The molecule has 7 heteroatoms. The highest BCUT2D eigenvalue weighted by Gasteiger charge is 2.16. The number of hydrogen-bond acceptors (Lipinski definition) is 3. The topological polar surface area (TPSA) is 75.9 Å². The second-order valence-corrected chi connectivity index (χ2v) is 3.77. The fourth-order valence-electron chi connectivity index (χ4n) is 1.38. The van der Waals surface area contributed by atoms with Crippen LogP contribution >= 0.6 is 15.9 Å². The molecule has 1 amide bonds. The molecule has 0 aliphatic rings. The lowest BCUT2D eigenvalue weighted by Gasteiger charge is -2.00. The Hall–Kier alpha value is -1.76. The Balaban J connectivity index is 2.68. The number of carboxylic acid groups (broad SMARTS) is 1. The van der Waals surface area contributed by atoms with Crippen molar-refractivity contribution < 1.29 is 14.6 Å². The zero-order valence-electron chi connectivity index (χ0n) is 8.27. The van der Waals surface area contributed by atoms with Gasteiger partial charge in [-0.1, -0.05) is 6.07 Å². The summed E-state index contributed by atoms with van der Waals surface area (Å²) in [5.41, 5.74) is 0.949. The zero-order valence-corrected chi connectivity index (χ0v) is 9.85. The highest BCUT2D eigenvalue weighted by molar-refractivity contribution is 9.10. The van der Waals surface area contributed by atoms with E-state index in [9.17, 15) is 4.79 Å². The molecule has 0 radical (unpaired) electrons. The van der Waals surface area contributed by atoms with Crippen LogP contribution in [0.5, 0.6) is 5.88 Å². The number of aromatic nitrogens is 2. The smallest absolute Gasteiger partial charge is 0.409 e. The number of anilines is 1. The molecule has 0 saturated heterocycles. The molecule has 2 N–H and O–H groups in total. The molecule has 0 aromatic carbocycles. The van der Waals surface area contributed by atoms with Crippen LogP contribution in [0.25, 0.3) is 5.52 Å². The third-order valence-electron chi connectivity index (χ3n) is 2.00. The van der Waals surface area contributed by atoms with Crippen molar-refractivity contribution in [3.05, 3.63) is 22.8 Å². The number of nitrogens with one attached hydrogen (secondary N) is 1. The summed E-state index contributed by atoms with van der Waals surface area (Å²) in [5.74, 6) is 0.231. The van der Waals surface area contributed by atoms with Crippen LogP contribution in [0.4, 0.5) is 10.5 Å². The highest BCUT2D eigenvalue weighted by atomic mass is 79.9. The summed E-state index contributed by atoms with van der Waals surface area (Å²) < 4.78 is 7.26. The summed E-state index contributed by atoms with van der Waals surface area (Å²) in [5, 5.41) is 15.1. The Morgan fingerprint density at radius 2 is 2.38 bits per heavy atom. The molecule has 0 saturated carbocycles. The molecule has 0 bridgehead atoms. The van der Waals surface area contributed by atoms with Gasteiger partial charge in [-0.25, -0.2) is 9.31 Å². The normalized spacial score (nSPS) is 10.4. The van der Waals surface area contributed by atoms with E-state index in [0.29, 0.717) is 15.8 Å². The van der Waals surface area contributed by atoms with Crippen LogP contribution in [0.2, 0.25) is 0 Å². The first kappa shape index (κ1) is 10.7. The number of carbonyl (C=O) groups is 1. The third kappa shape index (κ3) is 1.69. The molecule has 2 aromatic heterocycles. The van der Waals surface area contributed by atoms with Crippen molar-refractivity contribution >= 4 is 33.2 Å². The average Bonchev–Trinajstić information content (AvgIpc) is 2.58. The molecule has 0 unspecified atom stereocenters. The number of rotatable bonds is 2. The summed E-state index contributed by atoms with van der Waals surface area (Å²) in [6.07, 6.45) is -1.16. The van der Waals surface area contributed by atoms with Gasteiger partial charge in [0.1, 0.15) is 10.3 Å². The molecule has 2 rings (SSSR count). The lowest BCUT2D eigenvalue weighted by Crippen LogP contribution is -2.07. The Bertz CT molecular complexity index is 552. The average molecular weight is 286 g/mol. The number of methoxy groups -OCH3 is 1. The molecule has 2 heterocycles. The van der Waals surface area contributed by atoms with Crippen molar-refractivity contribution in [1.29, 1.82) is 0 Å². The summed E-state index contributed by atoms with van der Waals surface area (Å²) >= 11 is 3.31. The van der Waals surface area contributed by atoms with Crippen molar-refractivity contribution in [3.63, 3.8) is 0 Å². The van der Waals surface area contributed by atoms with Gasteiger partial charge in [-0.15, -0.1) is 5.10 Å². The van der Waals surface area contributed by atoms with Crippen LogP contribution < -0.4 is 10.1 Å². The molecule has 16 heavy (non-hydrogen) atoms. The minimum Gasteiger partial charge on any atom is -0.478 e. The third-order valence-corrected chi connectivity index (χ3v) is 2.60. The van der Waals surface area contributed by atoms with Crippen molar-refractivity contribution in [3.8, 4) is 5.88 Å². The Kier molecular flexibility index (Phi) is 2.69. The van der Waals surface area contributed by atoms with Crippen LogP contribution in [0.3, 0.4) is 0 Å². The molecule has 2 aromatic rings. The van der Waals surface area contributed by atoms with E-state index in [0.717, 1.165) is 0 Å². The number of pyridine rings is 1. The van der Waals surface area contributed by atoms with E-state index in [4.69, 9.17) is 9.84 Å². The summed E-state index contributed by atoms with van der Waals surface area (Å²) in [7, 11) is 1.43. The number of hydrogen-bond donors (Lipinski definition) is 2. The maximum Gasteiger partial charge on any atom is 0.409 e. The molecule has 0 aliphatic heterocycles. The first-order chi connectivity index (χ1) is 7.63. The van der Waals surface area contributed by atoms with Gasteiger partial charge in [-0.05, 0) is 28.1 Å². The highest BCUT2D eigenvalue weighted by Crippen LogP contribution is 2.30. The van der Waals surface area contributed by atoms with Crippen LogP contribution in [-0.4, -0.2) is 27.9 Å². The molecule has 0 fully saturated rings. The standard InChI is InChI=1S/C9H8BrN3O3/c1-16-8-7(11-9(14)15)5-3-2-4-6(10)13(5)12-8/h2-4,11H,1H3,(H,14,15). The van der Waals surface area contributed by atoms with Crippen molar-refractivity contribution in [1.82, 2.24) is 9.61 Å². The van der Waals surface area contributed by atoms with Crippen molar-refractivity contribution in [2.45, 2.75) is 0 Å². The van der Waals surface area contributed by atoms with E-state index >= 15 is 0 Å². The fourth-order valence-corrected chi connectivity index (χ4v) is 1.81. The largest absolute Gasteiger partial charge is 0.478 e. The second-order valence-electron chi connectivity index (χ2n) is 2.96. The van der Waals surface area contributed by atoms with E-state index < -0.39 is 6.09 Å². The van der Waals surface area contributed by atoms with Gasteiger partial charge >= 0.3 is 6.09 Å². The fraction of sp³-hybridized carbons (Fsp3) is 0.111. The number of ether oxygens (including phenoxy) is 1. The number of halogens is 1. The van der Waals surface area contributed by atoms with E-state index in [-0.39, 0.29) is 5.88 Å². The number of nitrogens with zero attached hydrogens (tertiary/aromatic N) is 2. The van der Waals surface area contributed by atoms with Gasteiger partial charge in [0.15, 0.2) is 0 Å². The Morgan fingerprint density at radius 3 is 3.00 bits per heavy atom. The second kappa shape index (κ2) is 4.01. The molecular formula is C9H8BrN3O3. The Labute approximate surface area is 99.0 Å². The summed E-state index contributed by atoms with van der Waals surface area (Å²) in [6.45, 7) is 0. The van der Waals surface area contributed by atoms with Crippen LogP contribution in [-0.2, 0) is 0 Å². The van der Waals surface area contributed by atoms with Crippen LogP contribution in [0, 0.1) is 0 Å². The molecule has 84 valence electrons. The predicted octanol–water partition coefficient (Wildman–Crippen LogP) is 2.20. The summed E-state index contributed by atoms with van der Waals surface area (Å²) in [6, 6.07) is 5.32. The van der Waals surface area contributed by atoms with Gasteiger partial charge in [-0.3, -0.25) is 5.32 Å². The minimum atomic E-state index is -1.16. The van der Waals surface area contributed by atoms with Gasteiger partial charge in [0.05, 0.1) is 12.6 Å². The SMILES string of the molecule is COc1nn2c(Br)cccc2c1NC(=O)O. The predicted molar refractivity (Wildman–Crippen MR) is 61.1 cm³/mol. The first-order valence-corrected chi connectivity index (χ1v) is 5.14. The van der Waals surface area contributed by atoms with Gasteiger partial charge in [-0.2, -0.15) is 0 Å². The van der Waals surface area contributed by atoms with Crippen molar-refractivity contribution in [2.24, 2.45) is 0 Å². The van der Waals surface area contributed by atoms with Gasteiger partial charge in [0.2, 0.25) is 0 Å². The molecule has 6 nitrogen and oxygen atoms in total. The maximum absolute atomic E-state index is 10.6. The Morgan fingerprint density at radius 1 is 1.62 bits per heavy atom. The molecule has 0 aliphatic carbocycles. The number of fused-ring (bicyclic) bond motifs is 1. The monoisotopic (exact) mass is 285 g/mol. The molecule has 0 atom stereocenters. The van der Waals surface area contributed by atoms with Gasteiger partial charge in [0, 0.05) is 0 Å². The number of amides is 1. The zero-order chi connectivity index (χ0) is 11.7. The van der Waals surface area contributed by atoms with Crippen LogP contribution in [0.1, 0.15) is 0 Å². The van der Waals surface area contributed by atoms with E-state index in [1.165, 1.54) is 7.11 Å².